The van der Waals surface area contributed by atoms with Crippen LogP contribution in [-0.4, -0.2) is 35.4 Å². The molecule has 0 radical (unpaired) electrons. The first kappa shape index (κ1) is 14.1. The predicted octanol–water partition coefficient (Wildman–Crippen LogP) is 1.71. The number of rotatable bonds is 7. The number of hydrogen-bond acceptors (Lipinski definition) is 4. The zero-order chi connectivity index (χ0) is 12.7. The van der Waals surface area contributed by atoms with E-state index in [1.54, 1.807) is 30.0 Å². The lowest BCUT2D eigenvalue weighted by Gasteiger charge is -2.15. The molecule has 0 aliphatic carbocycles. The van der Waals surface area contributed by atoms with Crippen LogP contribution in [0.3, 0.4) is 0 Å². The molecule has 0 aromatic carbocycles. The SMILES string of the molecule is CC(N)CCSCC(=O)N(C)Cc1ccco1. The molecule has 1 aromatic heterocycles. The highest BCUT2D eigenvalue weighted by molar-refractivity contribution is 7.99. The van der Waals surface area contributed by atoms with Gasteiger partial charge in [0.15, 0.2) is 0 Å². The van der Waals surface area contributed by atoms with Crippen molar-refractivity contribution in [2.45, 2.75) is 25.9 Å². The fourth-order valence-corrected chi connectivity index (χ4v) is 2.34. The van der Waals surface area contributed by atoms with Crippen molar-refractivity contribution in [2.24, 2.45) is 5.73 Å². The fraction of sp³-hybridized carbons (Fsp3) is 0.583. The van der Waals surface area contributed by atoms with E-state index < -0.39 is 0 Å². The van der Waals surface area contributed by atoms with Crippen molar-refractivity contribution in [2.75, 3.05) is 18.6 Å². The Kier molecular flexibility index (Phi) is 6.15. The van der Waals surface area contributed by atoms with E-state index in [1.807, 2.05) is 19.1 Å². The normalized spacial score (nSPS) is 12.4. The summed E-state index contributed by atoms with van der Waals surface area (Å²) in [5.41, 5.74) is 5.64. The summed E-state index contributed by atoms with van der Waals surface area (Å²) in [5.74, 6) is 2.36. The van der Waals surface area contributed by atoms with Crippen molar-refractivity contribution in [1.82, 2.24) is 4.90 Å². The Bertz CT molecular complexity index is 325. The molecule has 1 atom stereocenters. The third kappa shape index (κ3) is 5.79. The van der Waals surface area contributed by atoms with Gasteiger partial charge in [0.05, 0.1) is 18.6 Å². The first-order valence-electron chi connectivity index (χ1n) is 5.69. The zero-order valence-corrected chi connectivity index (χ0v) is 11.2. The smallest absolute Gasteiger partial charge is 0.232 e. The van der Waals surface area contributed by atoms with Gasteiger partial charge in [-0.3, -0.25) is 4.79 Å². The minimum Gasteiger partial charge on any atom is -0.467 e. The Balaban J connectivity index is 2.18. The van der Waals surface area contributed by atoms with Gasteiger partial charge in [-0.2, -0.15) is 11.8 Å². The third-order valence-electron chi connectivity index (χ3n) is 2.34. The standard InChI is InChI=1S/C12H20N2O2S/c1-10(13)5-7-17-9-12(15)14(2)8-11-4-3-6-16-11/h3-4,6,10H,5,7-9,13H2,1-2H3. The topological polar surface area (TPSA) is 59.5 Å². The molecule has 0 fully saturated rings. The van der Waals surface area contributed by atoms with Crippen molar-refractivity contribution in [3.8, 4) is 0 Å². The maximum Gasteiger partial charge on any atom is 0.232 e. The van der Waals surface area contributed by atoms with Crippen molar-refractivity contribution < 1.29 is 9.21 Å². The average Bonchev–Trinajstić information content (AvgIpc) is 2.76. The van der Waals surface area contributed by atoms with E-state index in [4.69, 9.17) is 10.2 Å². The molecular weight excluding hydrogens is 236 g/mol. The summed E-state index contributed by atoms with van der Waals surface area (Å²) in [6.45, 7) is 2.51. The largest absolute Gasteiger partial charge is 0.467 e. The molecule has 2 N–H and O–H groups in total. The fourth-order valence-electron chi connectivity index (χ4n) is 1.26. The molecular formula is C12H20N2O2S. The van der Waals surface area contributed by atoms with Crippen molar-refractivity contribution in [3.05, 3.63) is 24.2 Å². The van der Waals surface area contributed by atoms with Crippen LogP contribution in [-0.2, 0) is 11.3 Å². The summed E-state index contributed by atoms with van der Waals surface area (Å²) in [6.07, 6.45) is 2.56. The second-order valence-corrected chi connectivity index (χ2v) is 5.25. The van der Waals surface area contributed by atoms with Gasteiger partial charge in [-0.1, -0.05) is 0 Å². The van der Waals surface area contributed by atoms with Crippen LogP contribution in [0.5, 0.6) is 0 Å². The molecule has 0 aliphatic heterocycles. The van der Waals surface area contributed by atoms with Crippen LogP contribution in [0.2, 0.25) is 0 Å². The lowest BCUT2D eigenvalue weighted by Crippen LogP contribution is -2.28. The van der Waals surface area contributed by atoms with Crippen molar-refractivity contribution in [1.29, 1.82) is 0 Å². The lowest BCUT2D eigenvalue weighted by atomic mass is 10.3. The van der Waals surface area contributed by atoms with Crippen LogP contribution in [0.15, 0.2) is 22.8 Å². The van der Waals surface area contributed by atoms with Gasteiger partial charge < -0.3 is 15.1 Å². The van der Waals surface area contributed by atoms with Gasteiger partial charge in [0, 0.05) is 13.1 Å². The Morgan fingerprint density at radius 3 is 3.00 bits per heavy atom. The third-order valence-corrected chi connectivity index (χ3v) is 3.32. The Labute approximate surface area is 107 Å². The number of thioether (sulfide) groups is 1. The molecule has 0 saturated carbocycles. The van der Waals surface area contributed by atoms with Gasteiger partial charge >= 0.3 is 0 Å². The zero-order valence-electron chi connectivity index (χ0n) is 10.4. The first-order valence-corrected chi connectivity index (χ1v) is 6.84. The molecule has 1 unspecified atom stereocenters. The molecule has 4 nitrogen and oxygen atoms in total. The molecule has 0 bridgehead atoms. The highest BCUT2D eigenvalue weighted by atomic mass is 32.2. The highest BCUT2D eigenvalue weighted by Gasteiger charge is 2.10. The van der Waals surface area contributed by atoms with Gasteiger partial charge in [-0.15, -0.1) is 0 Å². The van der Waals surface area contributed by atoms with E-state index in [1.165, 1.54) is 0 Å². The maximum absolute atomic E-state index is 11.7. The molecule has 1 aromatic rings. The summed E-state index contributed by atoms with van der Waals surface area (Å²) in [6, 6.07) is 3.90. The van der Waals surface area contributed by atoms with Crippen LogP contribution in [0, 0.1) is 0 Å². The van der Waals surface area contributed by atoms with Gasteiger partial charge in [-0.25, -0.2) is 0 Å². The molecule has 1 rings (SSSR count). The van der Waals surface area contributed by atoms with E-state index >= 15 is 0 Å². The second-order valence-electron chi connectivity index (χ2n) is 4.15. The monoisotopic (exact) mass is 256 g/mol. The molecule has 17 heavy (non-hydrogen) atoms. The number of nitrogens with zero attached hydrogens (tertiary/aromatic N) is 1. The Morgan fingerprint density at radius 1 is 1.65 bits per heavy atom. The maximum atomic E-state index is 11.7. The number of hydrogen-bond donors (Lipinski definition) is 1. The number of furan rings is 1. The van der Waals surface area contributed by atoms with Crippen LogP contribution >= 0.6 is 11.8 Å². The second kappa shape index (κ2) is 7.40. The van der Waals surface area contributed by atoms with Crippen LogP contribution in [0.4, 0.5) is 0 Å². The average molecular weight is 256 g/mol. The van der Waals surface area contributed by atoms with Gasteiger partial charge in [0.1, 0.15) is 5.76 Å². The number of carbonyl (C=O) groups excluding carboxylic acids is 1. The number of amides is 1. The van der Waals surface area contributed by atoms with Crippen molar-refractivity contribution >= 4 is 17.7 Å². The van der Waals surface area contributed by atoms with Gasteiger partial charge in [0.25, 0.3) is 0 Å². The Morgan fingerprint density at radius 2 is 2.41 bits per heavy atom. The molecule has 0 saturated heterocycles. The van der Waals surface area contributed by atoms with Gasteiger partial charge in [0.2, 0.25) is 5.91 Å². The van der Waals surface area contributed by atoms with E-state index in [-0.39, 0.29) is 11.9 Å². The lowest BCUT2D eigenvalue weighted by molar-refractivity contribution is -0.127. The van der Waals surface area contributed by atoms with Crippen LogP contribution in [0.1, 0.15) is 19.1 Å². The minimum absolute atomic E-state index is 0.121. The summed E-state index contributed by atoms with van der Waals surface area (Å²) in [4.78, 5) is 13.4. The molecule has 0 aliphatic rings. The van der Waals surface area contributed by atoms with E-state index in [9.17, 15) is 4.79 Å². The highest BCUT2D eigenvalue weighted by Crippen LogP contribution is 2.08. The van der Waals surface area contributed by atoms with Crippen LogP contribution < -0.4 is 5.73 Å². The molecule has 1 heterocycles. The summed E-state index contributed by atoms with van der Waals surface area (Å²) in [5, 5.41) is 0. The summed E-state index contributed by atoms with van der Waals surface area (Å²) >= 11 is 1.63. The Hall–Kier alpha value is -0.940. The van der Waals surface area contributed by atoms with E-state index in [0.717, 1.165) is 17.9 Å². The van der Waals surface area contributed by atoms with Crippen molar-refractivity contribution in [3.63, 3.8) is 0 Å². The number of carbonyl (C=O) groups is 1. The molecule has 0 spiro atoms. The first-order chi connectivity index (χ1) is 8.09. The van der Waals surface area contributed by atoms with Crippen LogP contribution in [0.25, 0.3) is 0 Å². The van der Waals surface area contributed by atoms with Gasteiger partial charge in [-0.05, 0) is 31.2 Å². The molecule has 96 valence electrons. The summed E-state index contributed by atoms with van der Waals surface area (Å²) in [7, 11) is 1.79. The van der Waals surface area contributed by atoms with E-state index in [0.29, 0.717) is 12.3 Å². The molecule has 5 heteroatoms. The predicted molar refractivity (Wildman–Crippen MR) is 70.8 cm³/mol. The molecule has 1 amide bonds. The van der Waals surface area contributed by atoms with E-state index in [2.05, 4.69) is 0 Å². The number of nitrogens with two attached hydrogens (primary N) is 1. The minimum atomic E-state index is 0.121. The summed E-state index contributed by atoms with van der Waals surface area (Å²) < 4.78 is 5.19. The quantitative estimate of drug-likeness (QED) is 0.754.